The molecule has 0 fully saturated rings. The molecule has 3 aromatic rings. The number of ether oxygens (including phenoxy) is 1. The standard InChI is InChI=1S/C16H12FN3O3/c1-9-19-15(20-23-9)10-3-5-12(13(17)7-10)14-6-4-11(8-18-14)16(21)22-2/h3-8H,1-2H3. The highest BCUT2D eigenvalue weighted by molar-refractivity contribution is 5.89. The molecule has 0 spiro atoms. The Morgan fingerprint density at radius 2 is 2.09 bits per heavy atom. The average Bonchev–Trinajstić information content (AvgIpc) is 3.01. The second-order valence-corrected chi connectivity index (χ2v) is 4.76. The molecule has 23 heavy (non-hydrogen) atoms. The number of nitrogens with zero attached hydrogens (tertiary/aromatic N) is 3. The van der Waals surface area contributed by atoms with Crippen molar-refractivity contribution < 1.29 is 18.4 Å². The molecule has 0 bridgehead atoms. The minimum absolute atomic E-state index is 0.301. The van der Waals surface area contributed by atoms with Gasteiger partial charge in [-0.05, 0) is 24.3 Å². The Morgan fingerprint density at radius 1 is 1.26 bits per heavy atom. The molecular weight excluding hydrogens is 301 g/mol. The van der Waals surface area contributed by atoms with Crippen LogP contribution < -0.4 is 0 Å². The van der Waals surface area contributed by atoms with E-state index < -0.39 is 11.8 Å². The third kappa shape index (κ3) is 2.94. The predicted molar refractivity (Wildman–Crippen MR) is 79.0 cm³/mol. The summed E-state index contributed by atoms with van der Waals surface area (Å²) in [5.74, 6) is -0.234. The fourth-order valence-corrected chi connectivity index (χ4v) is 2.07. The molecule has 0 N–H and O–H groups in total. The van der Waals surface area contributed by atoms with Gasteiger partial charge in [-0.1, -0.05) is 11.2 Å². The molecule has 116 valence electrons. The lowest BCUT2D eigenvalue weighted by molar-refractivity contribution is 0.0600. The minimum Gasteiger partial charge on any atom is -0.465 e. The smallest absolute Gasteiger partial charge is 0.339 e. The number of pyridine rings is 1. The molecule has 0 radical (unpaired) electrons. The first-order valence-corrected chi connectivity index (χ1v) is 6.73. The van der Waals surface area contributed by atoms with Crippen LogP contribution in [0.5, 0.6) is 0 Å². The summed E-state index contributed by atoms with van der Waals surface area (Å²) in [4.78, 5) is 19.5. The quantitative estimate of drug-likeness (QED) is 0.692. The molecule has 0 amide bonds. The molecule has 0 saturated carbocycles. The van der Waals surface area contributed by atoms with Crippen LogP contribution in [0.2, 0.25) is 0 Å². The summed E-state index contributed by atoms with van der Waals surface area (Å²) in [7, 11) is 1.29. The largest absolute Gasteiger partial charge is 0.465 e. The van der Waals surface area contributed by atoms with E-state index in [1.54, 1.807) is 25.1 Å². The molecule has 0 saturated heterocycles. The molecule has 0 aliphatic heterocycles. The Kier molecular flexibility index (Phi) is 3.84. The Bertz CT molecular complexity index is 859. The average molecular weight is 313 g/mol. The van der Waals surface area contributed by atoms with Crippen molar-refractivity contribution in [1.29, 1.82) is 0 Å². The van der Waals surface area contributed by atoms with Crippen molar-refractivity contribution in [2.45, 2.75) is 6.92 Å². The second kappa shape index (κ2) is 5.96. The summed E-state index contributed by atoms with van der Waals surface area (Å²) in [6.07, 6.45) is 1.34. The summed E-state index contributed by atoms with van der Waals surface area (Å²) in [5.41, 5.74) is 1.53. The summed E-state index contributed by atoms with van der Waals surface area (Å²) >= 11 is 0. The fourth-order valence-electron chi connectivity index (χ4n) is 2.07. The van der Waals surface area contributed by atoms with Crippen LogP contribution in [0.4, 0.5) is 4.39 Å². The predicted octanol–water partition coefficient (Wildman–Crippen LogP) is 3.03. The van der Waals surface area contributed by atoms with Gasteiger partial charge in [0.2, 0.25) is 11.7 Å². The SMILES string of the molecule is COC(=O)c1ccc(-c2ccc(-c3noc(C)n3)cc2F)nc1. The maximum Gasteiger partial charge on any atom is 0.339 e. The number of rotatable bonds is 3. The lowest BCUT2D eigenvalue weighted by Gasteiger charge is -2.05. The lowest BCUT2D eigenvalue weighted by Crippen LogP contribution is -2.01. The number of carbonyl (C=O) groups is 1. The maximum absolute atomic E-state index is 14.3. The number of halogens is 1. The third-order valence-corrected chi connectivity index (χ3v) is 3.22. The Morgan fingerprint density at radius 3 is 2.65 bits per heavy atom. The van der Waals surface area contributed by atoms with E-state index in [9.17, 15) is 9.18 Å². The highest BCUT2D eigenvalue weighted by Crippen LogP contribution is 2.25. The van der Waals surface area contributed by atoms with Crippen LogP contribution in [0.3, 0.4) is 0 Å². The van der Waals surface area contributed by atoms with Crippen molar-refractivity contribution in [3.8, 4) is 22.6 Å². The first kappa shape index (κ1) is 14.8. The molecule has 2 heterocycles. The minimum atomic E-state index is -0.493. The number of benzene rings is 1. The molecule has 6 nitrogen and oxygen atoms in total. The van der Waals surface area contributed by atoms with E-state index in [2.05, 4.69) is 19.9 Å². The summed E-state index contributed by atoms with van der Waals surface area (Å²) in [5, 5.41) is 3.75. The second-order valence-electron chi connectivity index (χ2n) is 4.76. The van der Waals surface area contributed by atoms with Crippen LogP contribution in [0.15, 0.2) is 41.1 Å². The topological polar surface area (TPSA) is 78.1 Å². The zero-order chi connectivity index (χ0) is 16.4. The van der Waals surface area contributed by atoms with Crippen molar-refractivity contribution in [2.24, 2.45) is 0 Å². The van der Waals surface area contributed by atoms with E-state index in [1.165, 1.54) is 25.4 Å². The van der Waals surface area contributed by atoms with E-state index >= 15 is 0 Å². The van der Waals surface area contributed by atoms with Crippen molar-refractivity contribution in [3.63, 3.8) is 0 Å². The van der Waals surface area contributed by atoms with E-state index in [1.807, 2.05) is 0 Å². The van der Waals surface area contributed by atoms with Crippen LogP contribution in [-0.2, 0) is 4.74 Å². The molecular formula is C16H12FN3O3. The maximum atomic E-state index is 14.3. The Hall–Kier alpha value is -3.09. The van der Waals surface area contributed by atoms with Gasteiger partial charge in [-0.2, -0.15) is 4.98 Å². The fraction of sp³-hybridized carbons (Fsp3) is 0.125. The normalized spacial score (nSPS) is 10.6. The number of aryl methyl sites for hydroxylation is 1. The van der Waals surface area contributed by atoms with Crippen LogP contribution in [0, 0.1) is 12.7 Å². The third-order valence-electron chi connectivity index (χ3n) is 3.22. The van der Waals surface area contributed by atoms with Crippen molar-refractivity contribution in [2.75, 3.05) is 7.11 Å². The van der Waals surface area contributed by atoms with Gasteiger partial charge in [0.05, 0.1) is 18.4 Å². The zero-order valence-corrected chi connectivity index (χ0v) is 12.4. The van der Waals surface area contributed by atoms with Crippen LogP contribution >= 0.6 is 0 Å². The van der Waals surface area contributed by atoms with Crippen LogP contribution in [0.25, 0.3) is 22.6 Å². The summed E-state index contributed by atoms with van der Waals surface area (Å²) < 4.78 is 23.8. The van der Waals surface area contributed by atoms with Gasteiger partial charge in [-0.25, -0.2) is 9.18 Å². The van der Waals surface area contributed by atoms with Gasteiger partial charge in [0.1, 0.15) is 5.82 Å². The van der Waals surface area contributed by atoms with Crippen LogP contribution in [0.1, 0.15) is 16.2 Å². The first-order chi connectivity index (χ1) is 11.1. The highest BCUT2D eigenvalue weighted by Gasteiger charge is 2.13. The zero-order valence-electron chi connectivity index (χ0n) is 12.4. The summed E-state index contributed by atoms with van der Waals surface area (Å²) in [6, 6.07) is 7.66. The van der Waals surface area contributed by atoms with Crippen molar-refractivity contribution >= 4 is 5.97 Å². The Labute approximate surface area is 130 Å². The van der Waals surface area contributed by atoms with Gasteiger partial charge >= 0.3 is 5.97 Å². The van der Waals surface area contributed by atoms with Gasteiger partial charge in [0.15, 0.2) is 0 Å². The van der Waals surface area contributed by atoms with E-state index in [0.717, 1.165) is 0 Å². The number of esters is 1. The molecule has 7 heteroatoms. The molecule has 0 aliphatic carbocycles. The van der Waals surface area contributed by atoms with Gasteiger partial charge in [0.25, 0.3) is 0 Å². The highest BCUT2D eigenvalue weighted by atomic mass is 19.1. The van der Waals surface area contributed by atoms with Gasteiger partial charge in [0, 0.05) is 24.2 Å². The lowest BCUT2D eigenvalue weighted by atomic mass is 10.1. The van der Waals surface area contributed by atoms with Gasteiger partial charge in [-0.15, -0.1) is 0 Å². The Balaban J connectivity index is 1.93. The number of hydrogen-bond acceptors (Lipinski definition) is 6. The van der Waals surface area contributed by atoms with Crippen LogP contribution in [-0.4, -0.2) is 28.2 Å². The van der Waals surface area contributed by atoms with E-state index in [0.29, 0.717) is 34.1 Å². The van der Waals surface area contributed by atoms with Gasteiger partial charge < -0.3 is 9.26 Å². The summed E-state index contributed by atoms with van der Waals surface area (Å²) in [6.45, 7) is 1.66. The van der Waals surface area contributed by atoms with E-state index in [-0.39, 0.29) is 0 Å². The number of methoxy groups -OCH3 is 1. The van der Waals surface area contributed by atoms with Crippen molar-refractivity contribution in [3.05, 3.63) is 53.8 Å². The monoisotopic (exact) mass is 313 g/mol. The molecule has 0 atom stereocenters. The van der Waals surface area contributed by atoms with E-state index in [4.69, 9.17) is 4.52 Å². The van der Waals surface area contributed by atoms with Gasteiger partial charge in [-0.3, -0.25) is 4.98 Å². The molecule has 1 aromatic carbocycles. The van der Waals surface area contributed by atoms with Crippen molar-refractivity contribution in [1.82, 2.24) is 15.1 Å². The number of hydrogen-bond donors (Lipinski definition) is 0. The molecule has 0 unspecified atom stereocenters. The first-order valence-electron chi connectivity index (χ1n) is 6.73. The molecule has 3 rings (SSSR count). The molecule has 2 aromatic heterocycles. The number of carbonyl (C=O) groups excluding carboxylic acids is 1. The number of aromatic nitrogens is 3. The molecule has 0 aliphatic rings.